The molecule has 2 bridgehead atoms. The fourth-order valence-electron chi connectivity index (χ4n) is 4.13. The van der Waals surface area contributed by atoms with Crippen molar-refractivity contribution in [1.82, 2.24) is 4.90 Å². The molecule has 4 rings (SSSR count). The minimum Gasteiger partial charge on any atom is -0.490 e. The molecule has 0 aromatic heterocycles. The lowest BCUT2D eigenvalue weighted by atomic mass is 9.80. The number of benzene rings is 1. The second-order valence-electron chi connectivity index (χ2n) is 6.70. The van der Waals surface area contributed by atoms with Crippen LogP contribution in [0.15, 0.2) is 18.2 Å². The number of piperidine rings is 1. The normalized spacial score (nSPS) is 35.5. The zero-order chi connectivity index (χ0) is 14.4. The predicted octanol–water partition coefficient (Wildman–Crippen LogP) is 2.29. The Morgan fingerprint density at radius 3 is 2.48 bits per heavy atom. The van der Waals surface area contributed by atoms with Gasteiger partial charge >= 0.3 is 0 Å². The molecular weight excluding hydrogens is 266 g/mol. The van der Waals surface area contributed by atoms with Crippen LogP contribution in [0.5, 0.6) is 11.5 Å². The molecule has 0 radical (unpaired) electrons. The minimum atomic E-state index is -0.719. The van der Waals surface area contributed by atoms with Crippen LogP contribution >= 0.6 is 0 Å². The summed E-state index contributed by atoms with van der Waals surface area (Å²) in [6.07, 6.45) is 4.95. The van der Waals surface area contributed by atoms with E-state index >= 15 is 0 Å². The van der Waals surface area contributed by atoms with E-state index in [0.717, 1.165) is 36.3 Å². The SMILES string of the molecule is CN1C2CCC1CC(O)(c1ccc3c(c1)OCCCO3)C2. The number of aliphatic hydroxyl groups is 1. The molecule has 3 aliphatic rings. The Kier molecular flexibility index (Phi) is 3.12. The molecule has 2 unspecified atom stereocenters. The quantitative estimate of drug-likeness (QED) is 0.861. The Morgan fingerprint density at radius 1 is 1.10 bits per heavy atom. The van der Waals surface area contributed by atoms with E-state index in [4.69, 9.17) is 9.47 Å². The summed E-state index contributed by atoms with van der Waals surface area (Å²) >= 11 is 0. The van der Waals surface area contributed by atoms with Crippen LogP contribution < -0.4 is 9.47 Å². The van der Waals surface area contributed by atoms with E-state index in [1.165, 1.54) is 12.8 Å². The maximum absolute atomic E-state index is 11.2. The number of hydrogen-bond donors (Lipinski definition) is 1. The van der Waals surface area contributed by atoms with Crippen molar-refractivity contribution in [3.05, 3.63) is 23.8 Å². The molecule has 1 aromatic rings. The fraction of sp³-hybridized carbons (Fsp3) is 0.647. The fourth-order valence-corrected chi connectivity index (χ4v) is 4.13. The smallest absolute Gasteiger partial charge is 0.161 e. The number of hydrogen-bond acceptors (Lipinski definition) is 4. The van der Waals surface area contributed by atoms with Crippen LogP contribution in [0.1, 0.15) is 37.7 Å². The lowest BCUT2D eigenvalue weighted by molar-refractivity contribution is -0.0494. The van der Waals surface area contributed by atoms with Gasteiger partial charge in [-0.1, -0.05) is 6.07 Å². The Labute approximate surface area is 125 Å². The Hall–Kier alpha value is -1.26. The van der Waals surface area contributed by atoms with Crippen molar-refractivity contribution >= 4 is 0 Å². The van der Waals surface area contributed by atoms with E-state index in [0.29, 0.717) is 25.3 Å². The van der Waals surface area contributed by atoms with Crippen molar-refractivity contribution in [2.75, 3.05) is 20.3 Å². The molecule has 3 aliphatic heterocycles. The van der Waals surface area contributed by atoms with Crippen molar-refractivity contribution in [1.29, 1.82) is 0 Å². The third-order valence-corrected chi connectivity index (χ3v) is 5.42. The van der Waals surface area contributed by atoms with Gasteiger partial charge in [-0.05, 0) is 50.4 Å². The van der Waals surface area contributed by atoms with Gasteiger partial charge in [0.1, 0.15) is 0 Å². The van der Waals surface area contributed by atoms with Gasteiger partial charge < -0.3 is 19.5 Å². The average Bonchev–Trinajstić information content (AvgIpc) is 2.71. The van der Waals surface area contributed by atoms with Crippen LogP contribution in [0, 0.1) is 0 Å². The highest BCUT2D eigenvalue weighted by Gasteiger charge is 2.46. The molecule has 0 aliphatic carbocycles. The summed E-state index contributed by atoms with van der Waals surface area (Å²) < 4.78 is 11.4. The molecular formula is C17H23NO3. The van der Waals surface area contributed by atoms with Gasteiger partial charge in [0.15, 0.2) is 11.5 Å². The molecule has 21 heavy (non-hydrogen) atoms. The molecule has 4 heteroatoms. The second-order valence-corrected chi connectivity index (χ2v) is 6.70. The lowest BCUT2D eigenvalue weighted by Crippen LogP contribution is -2.47. The van der Waals surface area contributed by atoms with E-state index < -0.39 is 5.60 Å². The molecule has 1 N–H and O–H groups in total. The van der Waals surface area contributed by atoms with Crippen molar-refractivity contribution in [3.63, 3.8) is 0 Å². The molecule has 3 heterocycles. The monoisotopic (exact) mass is 289 g/mol. The Morgan fingerprint density at radius 2 is 1.76 bits per heavy atom. The van der Waals surface area contributed by atoms with E-state index in [-0.39, 0.29) is 0 Å². The van der Waals surface area contributed by atoms with Gasteiger partial charge in [-0.15, -0.1) is 0 Å². The van der Waals surface area contributed by atoms with Gasteiger partial charge in [0, 0.05) is 18.5 Å². The largest absolute Gasteiger partial charge is 0.490 e. The van der Waals surface area contributed by atoms with Crippen LogP contribution in [-0.4, -0.2) is 42.4 Å². The summed E-state index contributed by atoms with van der Waals surface area (Å²) in [6.45, 7) is 1.38. The minimum absolute atomic E-state index is 0.504. The Balaban J connectivity index is 1.65. The number of fused-ring (bicyclic) bond motifs is 3. The van der Waals surface area contributed by atoms with E-state index in [1.807, 2.05) is 18.2 Å². The van der Waals surface area contributed by atoms with Crippen molar-refractivity contribution in [2.24, 2.45) is 0 Å². The van der Waals surface area contributed by atoms with Crippen LogP contribution in [0.3, 0.4) is 0 Å². The average molecular weight is 289 g/mol. The van der Waals surface area contributed by atoms with E-state index in [1.54, 1.807) is 0 Å². The summed E-state index contributed by atoms with van der Waals surface area (Å²) in [5.41, 5.74) is 0.264. The first-order chi connectivity index (χ1) is 10.2. The molecule has 1 aromatic carbocycles. The number of nitrogens with zero attached hydrogens (tertiary/aromatic N) is 1. The highest BCUT2D eigenvalue weighted by Crippen LogP contribution is 2.46. The highest BCUT2D eigenvalue weighted by atomic mass is 16.5. The summed E-state index contributed by atoms with van der Waals surface area (Å²) in [5, 5.41) is 11.2. The van der Waals surface area contributed by atoms with Crippen molar-refractivity contribution in [2.45, 2.75) is 49.8 Å². The van der Waals surface area contributed by atoms with Gasteiger partial charge in [-0.25, -0.2) is 0 Å². The van der Waals surface area contributed by atoms with Gasteiger partial charge in [0.25, 0.3) is 0 Å². The zero-order valence-corrected chi connectivity index (χ0v) is 12.5. The second kappa shape index (κ2) is 4.89. The van der Waals surface area contributed by atoms with Gasteiger partial charge in [-0.2, -0.15) is 0 Å². The Bertz CT molecular complexity index is 531. The lowest BCUT2D eigenvalue weighted by Gasteiger charge is -2.42. The number of rotatable bonds is 1. The molecule has 2 atom stereocenters. The van der Waals surface area contributed by atoms with E-state index in [9.17, 15) is 5.11 Å². The maximum atomic E-state index is 11.2. The summed E-state index contributed by atoms with van der Waals surface area (Å²) in [4.78, 5) is 2.44. The summed E-state index contributed by atoms with van der Waals surface area (Å²) in [5.74, 6) is 1.58. The van der Waals surface area contributed by atoms with E-state index in [2.05, 4.69) is 11.9 Å². The first kappa shape index (κ1) is 13.4. The van der Waals surface area contributed by atoms with Crippen LogP contribution in [0.2, 0.25) is 0 Å². The summed E-state index contributed by atoms with van der Waals surface area (Å²) in [6, 6.07) is 6.96. The topological polar surface area (TPSA) is 41.9 Å². The van der Waals surface area contributed by atoms with Crippen LogP contribution in [-0.2, 0) is 5.60 Å². The third kappa shape index (κ3) is 2.21. The van der Waals surface area contributed by atoms with Crippen LogP contribution in [0.25, 0.3) is 0 Å². The predicted molar refractivity (Wildman–Crippen MR) is 79.8 cm³/mol. The molecule has 2 saturated heterocycles. The van der Waals surface area contributed by atoms with Gasteiger partial charge in [0.2, 0.25) is 0 Å². The standard InChI is InChI=1S/C17H23NO3/c1-18-13-4-5-14(18)11-17(19,10-13)12-3-6-15-16(9-12)21-8-2-7-20-15/h3,6,9,13-14,19H,2,4-5,7-8,10-11H2,1H3. The molecule has 0 spiro atoms. The van der Waals surface area contributed by atoms with Crippen LogP contribution in [0.4, 0.5) is 0 Å². The first-order valence-electron chi connectivity index (χ1n) is 8.00. The highest BCUT2D eigenvalue weighted by molar-refractivity contribution is 5.45. The molecule has 2 fully saturated rings. The summed E-state index contributed by atoms with van der Waals surface area (Å²) in [7, 11) is 2.19. The van der Waals surface area contributed by atoms with Gasteiger partial charge in [-0.3, -0.25) is 0 Å². The van der Waals surface area contributed by atoms with Gasteiger partial charge in [0.05, 0.1) is 18.8 Å². The molecule has 0 saturated carbocycles. The van der Waals surface area contributed by atoms with Crippen molar-refractivity contribution in [3.8, 4) is 11.5 Å². The molecule has 4 nitrogen and oxygen atoms in total. The zero-order valence-electron chi connectivity index (χ0n) is 12.5. The first-order valence-corrected chi connectivity index (χ1v) is 8.00. The van der Waals surface area contributed by atoms with Crippen molar-refractivity contribution < 1.29 is 14.6 Å². The third-order valence-electron chi connectivity index (χ3n) is 5.42. The molecule has 0 amide bonds. The molecule has 114 valence electrons. The number of ether oxygens (including phenoxy) is 2. The maximum Gasteiger partial charge on any atom is 0.161 e.